The Labute approximate surface area is 138 Å². The molecule has 0 aliphatic carbocycles. The fourth-order valence-electron chi connectivity index (χ4n) is 2.10. The van der Waals surface area contributed by atoms with E-state index in [1.807, 2.05) is 6.92 Å². The summed E-state index contributed by atoms with van der Waals surface area (Å²) in [5.41, 5.74) is 1.26. The highest BCUT2D eigenvalue weighted by Gasteiger charge is 2.13. The van der Waals surface area contributed by atoms with Crippen LogP contribution in [0.3, 0.4) is 0 Å². The van der Waals surface area contributed by atoms with Crippen molar-refractivity contribution in [3.63, 3.8) is 0 Å². The third kappa shape index (κ3) is 4.43. The molecule has 0 bridgehead atoms. The van der Waals surface area contributed by atoms with E-state index >= 15 is 0 Å². The maximum absolute atomic E-state index is 13.3. The van der Waals surface area contributed by atoms with Gasteiger partial charge in [-0.25, -0.2) is 4.39 Å². The van der Waals surface area contributed by atoms with Crippen LogP contribution in [0.5, 0.6) is 5.75 Å². The van der Waals surface area contributed by atoms with E-state index in [0.717, 1.165) is 0 Å². The van der Waals surface area contributed by atoms with Gasteiger partial charge in [0.05, 0.1) is 18.8 Å². The fraction of sp³-hybridized carbons (Fsp3) is 0.235. The van der Waals surface area contributed by atoms with Gasteiger partial charge in [0.2, 0.25) is 0 Å². The van der Waals surface area contributed by atoms with Crippen LogP contribution in [-0.4, -0.2) is 17.6 Å². The van der Waals surface area contributed by atoms with Crippen molar-refractivity contribution in [3.8, 4) is 5.75 Å². The van der Waals surface area contributed by atoms with Gasteiger partial charge in [-0.05, 0) is 42.8 Å². The molecule has 0 saturated carbocycles. The Morgan fingerprint density at radius 3 is 2.78 bits per heavy atom. The summed E-state index contributed by atoms with van der Waals surface area (Å²) in [6.07, 6.45) is 0. The molecule has 23 heavy (non-hydrogen) atoms. The van der Waals surface area contributed by atoms with Gasteiger partial charge in [0.15, 0.2) is 0 Å². The smallest absolute Gasteiger partial charge is 0.255 e. The van der Waals surface area contributed by atoms with Crippen LogP contribution in [0.2, 0.25) is 5.02 Å². The van der Waals surface area contributed by atoms with Crippen LogP contribution in [0, 0.1) is 5.82 Å². The molecule has 6 heteroatoms. The summed E-state index contributed by atoms with van der Waals surface area (Å²) >= 11 is 5.91. The summed E-state index contributed by atoms with van der Waals surface area (Å²) in [5.74, 6) is -0.383. The number of carbonyl (C=O) groups is 1. The van der Waals surface area contributed by atoms with E-state index in [1.165, 1.54) is 12.1 Å². The van der Waals surface area contributed by atoms with Gasteiger partial charge in [-0.1, -0.05) is 17.7 Å². The van der Waals surface area contributed by atoms with Crippen molar-refractivity contribution >= 4 is 17.5 Å². The zero-order valence-electron chi connectivity index (χ0n) is 12.6. The molecule has 2 rings (SSSR count). The maximum Gasteiger partial charge on any atom is 0.255 e. The molecule has 0 unspecified atom stereocenters. The summed E-state index contributed by atoms with van der Waals surface area (Å²) in [7, 11) is 0. The zero-order chi connectivity index (χ0) is 16.8. The van der Waals surface area contributed by atoms with Crippen molar-refractivity contribution in [1.82, 2.24) is 5.32 Å². The molecule has 0 heterocycles. The number of amides is 1. The van der Waals surface area contributed by atoms with Gasteiger partial charge < -0.3 is 15.2 Å². The molecule has 0 spiro atoms. The van der Waals surface area contributed by atoms with Crippen molar-refractivity contribution in [2.24, 2.45) is 0 Å². The van der Waals surface area contributed by atoms with Crippen molar-refractivity contribution in [2.75, 3.05) is 6.61 Å². The highest BCUT2D eigenvalue weighted by Crippen LogP contribution is 2.23. The lowest BCUT2D eigenvalue weighted by atomic mass is 10.1. The monoisotopic (exact) mass is 337 g/mol. The number of benzene rings is 2. The molecule has 0 aliphatic heterocycles. The molecule has 0 atom stereocenters. The van der Waals surface area contributed by atoms with Gasteiger partial charge in [-0.2, -0.15) is 0 Å². The number of rotatable bonds is 6. The van der Waals surface area contributed by atoms with E-state index in [-0.39, 0.29) is 24.6 Å². The van der Waals surface area contributed by atoms with E-state index in [0.29, 0.717) is 28.5 Å². The van der Waals surface area contributed by atoms with Crippen molar-refractivity contribution in [3.05, 3.63) is 63.9 Å². The van der Waals surface area contributed by atoms with Gasteiger partial charge in [-0.15, -0.1) is 0 Å². The Morgan fingerprint density at radius 2 is 2.09 bits per heavy atom. The average Bonchev–Trinajstić information content (AvgIpc) is 2.54. The molecule has 2 aromatic rings. The number of aliphatic hydroxyl groups excluding tert-OH is 1. The Balaban J connectivity index is 2.11. The summed E-state index contributed by atoms with van der Waals surface area (Å²) in [5, 5.41) is 12.3. The zero-order valence-corrected chi connectivity index (χ0v) is 13.4. The Bertz CT molecular complexity index is 706. The first-order chi connectivity index (χ1) is 11.0. The number of nitrogens with one attached hydrogen (secondary N) is 1. The molecule has 122 valence electrons. The van der Waals surface area contributed by atoms with Crippen molar-refractivity contribution in [2.45, 2.75) is 20.1 Å². The Hall–Kier alpha value is -2.11. The standard InChI is InChI=1S/C17H17ClFNO3/c1-2-23-16-8-13(18)4-5-14(16)17(22)20-9-11-3-6-15(19)12(7-11)10-21/h3-8,21H,2,9-10H2,1H3,(H,20,22). The minimum Gasteiger partial charge on any atom is -0.493 e. The molecular formula is C17H17ClFNO3. The SMILES string of the molecule is CCOc1cc(Cl)ccc1C(=O)NCc1ccc(F)c(CO)c1. The second-order valence-corrected chi connectivity index (χ2v) is 5.28. The lowest BCUT2D eigenvalue weighted by molar-refractivity contribution is 0.0947. The lowest BCUT2D eigenvalue weighted by Crippen LogP contribution is -2.23. The number of hydrogen-bond donors (Lipinski definition) is 2. The summed E-state index contributed by atoms with van der Waals surface area (Å²) < 4.78 is 18.7. The molecule has 1 amide bonds. The van der Waals surface area contributed by atoms with Crippen LogP contribution >= 0.6 is 11.6 Å². The van der Waals surface area contributed by atoms with Crippen LogP contribution in [-0.2, 0) is 13.2 Å². The van der Waals surface area contributed by atoms with Gasteiger partial charge >= 0.3 is 0 Å². The highest BCUT2D eigenvalue weighted by molar-refractivity contribution is 6.30. The third-order valence-electron chi connectivity index (χ3n) is 3.22. The first-order valence-electron chi connectivity index (χ1n) is 7.13. The molecule has 2 N–H and O–H groups in total. The number of halogens is 2. The largest absolute Gasteiger partial charge is 0.493 e. The Kier molecular flexibility index (Phi) is 5.96. The van der Waals surface area contributed by atoms with Gasteiger partial charge in [0.25, 0.3) is 5.91 Å². The van der Waals surface area contributed by atoms with Crippen molar-refractivity contribution < 1.29 is 19.0 Å². The first kappa shape index (κ1) is 17.2. The number of hydrogen-bond acceptors (Lipinski definition) is 3. The van der Waals surface area contributed by atoms with Crippen LogP contribution in [0.4, 0.5) is 4.39 Å². The van der Waals surface area contributed by atoms with E-state index in [9.17, 15) is 9.18 Å². The fourth-order valence-corrected chi connectivity index (χ4v) is 2.26. The molecule has 0 aromatic heterocycles. The van der Waals surface area contributed by atoms with Gasteiger partial charge in [0.1, 0.15) is 11.6 Å². The molecule has 0 aliphatic rings. The normalized spacial score (nSPS) is 10.4. The van der Waals surface area contributed by atoms with Gasteiger partial charge in [0, 0.05) is 17.1 Å². The third-order valence-corrected chi connectivity index (χ3v) is 3.46. The van der Waals surface area contributed by atoms with E-state index < -0.39 is 5.82 Å². The number of carbonyl (C=O) groups excluding carboxylic acids is 1. The second kappa shape index (κ2) is 7.94. The van der Waals surface area contributed by atoms with Gasteiger partial charge in [-0.3, -0.25) is 4.79 Å². The van der Waals surface area contributed by atoms with Crippen LogP contribution in [0.25, 0.3) is 0 Å². The predicted molar refractivity (Wildman–Crippen MR) is 86.1 cm³/mol. The van der Waals surface area contributed by atoms with Crippen LogP contribution in [0.15, 0.2) is 36.4 Å². The predicted octanol–water partition coefficient (Wildman–Crippen LogP) is 3.30. The maximum atomic E-state index is 13.3. The lowest BCUT2D eigenvalue weighted by Gasteiger charge is -2.11. The van der Waals surface area contributed by atoms with E-state index in [1.54, 1.807) is 24.3 Å². The minimum absolute atomic E-state index is 0.193. The summed E-state index contributed by atoms with van der Waals surface area (Å²) in [6, 6.07) is 9.12. The molecule has 2 aromatic carbocycles. The number of ether oxygens (including phenoxy) is 1. The van der Waals surface area contributed by atoms with Crippen LogP contribution < -0.4 is 10.1 Å². The van der Waals surface area contributed by atoms with Crippen molar-refractivity contribution in [1.29, 1.82) is 0 Å². The number of aliphatic hydroxyl groups is 1. The summed E-state index contributed by atoms with van der Waals surface area (Å²) in [6.45, 7) is 2.05. The average molecular weight is 338 g/mol. The molecule has 0 saturated heterocycles. The summed E-state index contributed by atoms with van der Waals surface area (Å²) in [4.78, 5) is 12.3. The minimum atomic E-state index is -0.473. The molecular weight excluding hydrogens is 321 g/mol. The van der Waals surface area contributed by atoms with E-state index in [2.05, 4.69) is 5.32 Å². The Morgan fingerprint density at radius 1 is 1.30 bits per heavy atom. The topological polar surface area (TPSA) is 58.6 Å². The first-order valence-corrected chi connectivity index (χ1v) is 7.51. The highest BCUT2D eigenvalue weighted by atomic mass is 35.5. The van der Waals surface area contributed by atoms with Crippen LogP contribution in [0.1, 0.15) is 28.4 Å². The molecule has 4 nitrogen and oxygen atoms in total. The molecule has 0 fully saturated rings. The quantitative estimate of drug-likeness (QED) is 0.850. The van der Waals surface area contributed by atoms with E-state index in [4.69, 9.17) is 21.4 Å². The second-order valence-electron chi connectivity index (χ2n) is 4.84. The molecule has 0 radical (unpaired) electrons.